The number of hydrogen-bond acceptors (Lipinski definition) is 3. The molecule has 2 bridgehead atoms. The molecule has 0 saturated carbocycles. The number of aryl methyl sites for hydroxylation is 1. The number of fused-ring (bicyclic) bond motifs is 4. The topological polar surface area (TPSA) is 57.8 Å². The van der Waals surface area contributed by atoms with E-state index in [4.69, 9.17) is 5.26 Å². The molecule has 4 heteroatoms. The molecule has 17 heavy (non-hydrogen) atoms. The van der Waals surface area contributed by atoms with Crippen LogP contribution in [0.5, 0.6) is 0 Å². The van der Waals surface area contributed by atoms with E-state index in [9.17, 15) is 4.79 Å². The van der Waals surface area contributed by atoms with Gasteiger partial charge in [0.2, 0.25) is 0 Å². The minimum Gasteiger partial charge on any atom is -0.316 e. The Balaban J connectivity index is 2.23. The molecule has 0 aliphatic carbocycles. The Hall–Kier alpha value is -1.60. The summed E-state index contributed by atoms with van der Waals surface area (Å²) in [6.07, 6.45) is 1.16. The second-order valence-corrected chi connectivity index (χ2v) is 5.11. The van der Waals surface area contributed by atoms with Gasteiger partial charge in [-0.2, -0.15) is 5.26 Å². The molecule has 0 spiro atoms. The number of rotatable bonds is 0. The van der Waals surface area contributed by atoms with Crippen LogP contribution in [0.15, 0.2) is 10.9 Å². The lowest BCUT2D eigenvalue weighted by atomic mass is 9.83. The minimum absolute atomic E-state index is 0.0981. The summed E-state index contributed by atoms with van der Waals surface area (Å²) < 4.78 is 1.82. The molecular formula is C13H15N3O. The predicted molar refractivity (Wildman–Crippen MR) is 63.9 cm³/mol. The standard InChI is InChI=1S/C13H15N3O/c1-8-2-12-10-3-9(5-15-6-10)7-16(12)13(17)11(8)4-14/h2,9-10,15H,3,5-7H2,1H3. The van der Waals surface area contributed by atoms with E-state index in [0.29, 0.717) is 17.4 Å². The van der Waals surface area contributed by atoms with Crippen molar-refractivity contribution in [1.29, 1.82) is 5.26 Å². The zero-order valence-corrected chi connectivity index (χ0v) is 9.86. The van der Waals surface area contributed by atoms with Crippen LogP contribution in [0.3, 0.4) is 0 Å². The summed E-state index contributed by atoms with van der Waals surface area (Å²) in [6.45, 7) is 4.54. The number of hydrogen-bond donors (Lipinski definition) is 1. The first kappa shape index (κ1) is 10.5. The monoisotopic (exact) mass is 229 g/mol. The summed E-state index contributed by atoms with van der Waals surface area (Å²) in [5.74, 6) is 0.967. The van der Waals surface area contributed by atoms with E-state index in [-0.39, 0.29) is 5.56 Å². The average molecular weight is 229 g/mol. The molecule has 88 valence electrons. The van der Waals surface area contributed by atoms with Gasteiger partial charge in [0.15, 0.2) is 0 Å². The molecule has 3 heterocycles. The van der Waals surface area contributed by atoms with Gasteiger partial charge in [-0.1, -0.05) is 0 Å². The normalized spacial score (nSPS) is 26.1. The number of nitriles is 1. The van der Waals surface area contributed by atoms with Crippen LogP contribution < -0.4 is 10.9 Å². The van der Waals surface area contributed by atoms with Gasteiger partial charge < -0.3 is 9.88 Å². The highest BCUT2D eigenvalue weighted by Gasteiger charge is 2.31. The van der Waals surface area contributed by atoms with Crippen molar-refractivity contribution in [3.8, 4) is 6.07 Å². The molecule has 2 aliphatic rings. The molecule has 1 aromatic rings. The van der Waals surface area contributed by atoms with E-state index >= 15 is 0 Å². The van der Waals surface area contributed by atoms with Crippen molar-refractivity contribution in [2.75, 3.05) is 13.1 Å². The molecule has 2 unspecified atom stereocenters. The lowest BCUT2D eigenvalue weighted by Gasteiger charge is -2.37. The molecule has 0 radical (unpaired) electrons. The maximum Gasteiger partial charge on any atom is 0.268 e. The van der Waals surface area contributed by atoms with Crippen LogP contribution in [0, 0.1) is 24.2 Å². The molecule has 2 atom stereocenters. The summed E-state index contributed by atoms with van der Waals surface area (Å²) in [4.78, 5) is 12.2. The molecule has 1 aromatic heterocycles. The Labute approximate surface area is 99.9 Å². The van der Waals surface area contributed by atoms with Crippen LogP contribution in [0.25, 0.3) is 0 Å². The quantitative estimate of drug-likeness (QED) is 0.713. The van der Waals surface area contributed by atoms with Gasteiger partial charge in [-0.15, -0.1) is 0 Å². The largest absolute Gasteiger partial charge is 0.316 e. The highest BCUT2D eigenvalue weighted by Crippen LogP contribution is 2.32. The third-order valence-electron chi connectivity index (χ3n) is 3.94. The third-order valence-corrected chi connectivity index (χ3v) is 3.94. The van der Waals surface area contributed by atoms with Crippen LogP contribution in [0.2, 0.25) is 0 Å². The van der Waals surface area contributed by atoms with Crippen molar-refractivity contribution in [1.82, 2.24) is 9.88 Å². The summed E-state index contributed by atoms with van der Waals surface area (Å²) in [6, 6.07) is 4.05. The summed E-state index contributed by atoms with van der Waals surface area (Å²) >= 11 is 0. The molecular weight excluding hydrogens is 214 g/mol. The molecule has 1 saturated heterocycles. The van der Waals surface area contributed by atoms with Crippen LogP contribution in [0.4, 0.5) is 0 Å². The molecule has 1 N–H and O–H groups in total. The zero-order valence-electron chi connectivity index (χ0n) is 9.86. The number of nitrogens with one attached hydrogen (secondary N) is 1. The van der Waals surface area contributed by atoms with Gasteiger partial charge in [0.25, 0.3) is 5.56 Å². The van der Waals surface area contributed by atoms with E-state index in [1.165, 1.54) is 0 Å². The maximum absolute atomic E-state index is 12.2. The smallest absolute Gasteiger partial charge is 0.268 e. The zero-order chi connectivity index (χ0) is 12.0. The van der Waals surface area contributed by atoms with Crippen LogP contribution in [0.1, 0.15) is 29.2 Å². The predicted octanol–water partition coefficient (Wildman–Crippen LogP) is 0.735. The number of aromatic nitrogens is 1. The fraction of sp³-hybridized carbons (Fsp3) is 0.538. The van der Waals surface area contributed by atoms with Crippen LogP contribution in [-0.4, -0.2) is 17.7 Å². The SMILES string of the molecule is Cc1cc2n(c(=O)c1C#N)CC1CNCC2C1. The Bertz CT molecular complexity index is 567. The first-order chi connectivity index (χ1) is 8.20. The second kappa shape index (κ2) is 3.71. The fourth-order valence-electron chi connectivity index (χ4n) is 3.11. The maximum atomic E-state index is 12.2. The van der Waals surface area contributed by atoms with E-state index < -0.39 is 0 Å². The van der Waals surface area contributed by atoms with E-state index in [1.807, 2.05) is 23.6 Å². The first-order valence-electron chi connectivity index (χ1n) is 6.06. The third kappa shape index (κ3) is 1.50. The molecule has 3 rings (SSSR count). The molecule has 1 fully saturated rings. The van der Waals surface area contributed by atoms with Gasteiger partial charge in [-0.25, -0.2) is 0 Å². The number of piperidine rings is 1. The van der Waals surface area contributed by atoms with Crippen molar-refractivity contribution < 1.29 is 0 Å². The molecule has 0 aromatic carbocycles. The summed E-state index contributed by atoms with van der Waals surface area (Å²) in [5.41, 5.74) is 2.13. The first-order valence-corrected chi connectivity index (χ1v) is 6.06. The van der Waals surface area contributed by atoms with E-state index in [0.717, 1.165) is 37.3 Å². The van der Waals surface area contributed by atoms with Crippen LogP contribution >= 0.6 is 0 Å². The van der Waals surface area contributed by atoms with Crippen molar-refractivity contribution in [3.63, 3.8) is 0 Å². The van der Waals surface area contributed by atoms with E-state index in [2.05, 4.69) is 5.32 Å². The Morgan fingerprint density at radius 3 is 3.12 bits per heavy atom. The van der Waals surface area contributed by atoms with Crippen molar-refractivity contribution in [3.05, 3.63) is 33.2 Å². The second-order valence-electron chi connectivity index (χ2n) is 5.11. The fourth-order valence-corrected chi connectivity index (χ4v) is 3.11. The van der Waals surface area contributed by atoms with Gasteiger partial charge in [-0.3, -0.25) is 4.79 Å². The number of pyridine rings is 1. The molecule has 0 amide bonds. The molecule has 2 aliphatic heterocycles. The molecule has 4 nitrogen and oxygen atoms in total. The van der Waals surface area contributed by atoms with Gasteiger partial charge in [-0.05, 0) is 37.4 Å². The highest BCUT2D eigenvalue weighted by molar-refractivity contribution is 5.38. The van der Waals surface area contributed by atoms with Gasteiger partial charge in [0, 0.05) is 24.7 Å². The Morgan fingerprint density at radius 1 is 1.53 bits per heavy atom. The van der Waals surface area contributed by atoms with Gasteiger partial charge in [0.1, 0.15) is 11.6 Å². The van der Waals surface area contributed by atoms with Gasteiger partial charge >= 0.3 is 0 Å². The van der Waals surface area contributed by atoms with Crippen molar-refractivity contribution in [2.45, 2.75) is 25.8 Å². The lowest BCUT2D eigenvalue weighted by Crippen LogP contribution is -2.45. The van der Waals surface area contributed by atoms with E-state index in [1.54, 1.807) is 0 Å². The Morgan fingerprint density at radius 2 is 2.35 bits per heavy atom. The highest BCUT2D eigenvalue weighted by atomic mass is 16.1. The van der Waals surface area contributed by atoms with Gasteiger partial charge in [0.05, 0.1) is 0 Å². The summed E-state index contributed by atoms with van der Waals surface area (Å²) in [7, 11) is 0. The Kier molecular flexibility index (Phi) is 2.30. The van der Waals surface area contributed by atoms with Crippen molar-refractivity contribution >= 4 is 0 Å². The number of nitrogens with zero attached hydrogens (tertiary/aromatic N) is 2. The summed E-state index contributed by atoms with van der Waals surface area (Å²) in [5, 5.41) is 12.4. The van der Waals surface area contributed by atoms with Crippen molar-refractivity contribution in [2.24, 2.45) is 5.92 Å². The average Bonchev–Trinajstić information content (AvgIpc) is 2.32. The lowest BCUT2D eigenvalue weighted by molar-refractivity contribution is 0.257. The minimum atomic E-state index is -0.0981. The van der Waals surface area contributed by atoms with Crippen LogP contribution in [-0.2, 0) is 6.54 Å².